The van der Waals surface area contributed by atoms with E-state index in [2.05, 4.69) is 25.2 Å². The van der Waals surface area contributed by atoms with Gasteiger partial charge < -0.3 is 15.0 Å². The lowest BCUT2D eigenvalue weighted by atomic mass is 10.1. The van der Waals surface area contributed by atoms with Crippen molar-refractivity contribution < 1.29 is 9.53 Å². The molecule has 0 fully saturated rings. The maximum atomic E-state index is 12.0. The second-order valence-corrected chi connectivity index (χ2v) is 5.68. The quantitative estimate of drug-likeness (QED) is 0.749. The molecule has 0 aliphatic carbocycles. The minimum absolute atomic E-state index is 0.00181. The first-order valence-corrected chi connectivity index (χ1v) is 7.64. The number of rotatable bonds is 8. The van der Waals surface area contributed by atoms with Gasteiger partial charge in [-0.25, -0.2) is 0 Å². The molecule has 0 spiro atoms. The van der Waals surface area contributed by atoms with Crippen LogP contribution in [-0.4, -0.2) is 37.0 Å². The summed E-state index contributed by atoms with van der Waals surface area (Å²) in [5, 5.41) is 3.37. The predicted octanol–water partition coefficient (Wildman–Crippen LogP) is 2.74. The second-order valence-electron chi connectivity index (χ2n) is 5.68. The van der Waals surface area contributed by atoms with E-state index in [1.165, 1.54) is 5.56 Å². The van der Waals surface area contributed by atoms with E-state index in [4.69, 9.17) is 4.74 Å². The zero-order valence-electron chi connectivity index (χ0n) is 13.9. The Kier molecular flexibility index (Phi) is 7.23. The first-order chi connectivity index (χ1) is 9.95. The van der Waals surface area contributed by atoms with Gasteiger partial charge in [0, 0.05) is 25.2 Å². The van der Waals surface area contributed by atoms with Crippen LogP contribution >= 0.6 is 0 Å². The van der Waals surface area contributed by atoms with Crippen molar-refractivity contribution in [1.29, 1.82) is 0 Å². The largest absolute Gasteiger partial charge is 0.483 e. The van der Waals surface area contributed by atoms with Crippen molar-refractivity contribution in [2.75, 3.05) is 20.2 Å². The van der Waals surface area contributed by atoms with Crippen molar-refractivity contribution in [1.82, 2.24) is 10.2 Å². The highest BCUT2D eigenvalue weighted by Gasteiger charge is 2.13. The molecule has 0 aliphatic rings. The Bertz CT molecular complexity index is 458. The lowest BCUT2D eigenvalue weighted by molar-refractivity contribution is -0.133. The van der Waals surface area contributed by atoms with E-state index in [0.29, 0.717) is 0 Å². The van der Waals surface area contributed by atoms with E-state index in [1.807, 2.05) is 26.0 Å². The molecule has 0 bridgehead atoms. The summed E-state index contributed by atoms with van der Waals surface area (Å²) >= 11 is 0. The Hall–Kier alpha value is -1.55. The molecule has 118 valence electrons. The molecule has 1 aromatic carbocycles. The molecule has 0 saturated carbocycles. The molecule has 1 aromatic rings. The van der Waals surface area contributed by atoms with Crippen LogP contribution in [0.2, 0.25) is 0 Å². The van der Waals surface area contributed by atoms with Crippen molar-refractivity contribution in [3.05, 3.63) is 29.3 Å². The summed E-state index contributed by atoms with van der Waals surface area (Å²) in [6, 6.07) is 6.25. The van der Waals surface area contributed by atoms with Crippen molar-refractivity contribution >= 4 is 5.91 Å². The molecule has 0 heterocycles. The molecule has 1 rings (SSSR count). The Labute approximate surface area is 128 Å². The summed E-state index contributed by atoms with van der Waals surface area (Å²) in [6.45, 7) is 10.00. The van der Waals surface area contributed by atoms with Gasteiger partial charge in [0.15, 0.2) is 6.61 Å². The third-order valence-corrected chi connectivity index (χ3v) is 3.48. The van der Waals surface area contributed by atoms with Crippen LogP contribution in [0.5, 0.6) is 5.75 Å². The van der Waals surface area contributed by atoms with Crippen LogP contribution in [0, 0.1) is 6.92 Å². The number of hydrogen-bond acceptors (Lipinski definition) is 3. The van der Waals surface area contributed by atoms with Crippen molar-refractivity contribution in [3.63, 3.8) is 0 Å². The van der Waals surface area contributed by atoms with Crippen LogP contribution in [0.1, 0.15) is 38.3 Å². The number of amides is 1. The number of likely N-dealkylation sites (N-methyl/N-ethyl adjacent to an activating group) is 1. The van der Waals surface area contributed by atoms with Gasteiger partial charge in [0.05, 0.1) is 0 Å². The first kappa shape index (κ1) is 17.5. The van der Waals surface area contributed by atoms with Crippen LogP contribution in [-0.2, 0) is 11.3 Å². The molecule has 0 aromatic heterocycles. The lowest BCUT2D eigenvalue weighted by Crippen LogP contribution is -2.36. The maximum absolute atomic E-state index is 12.0. The SMILES string of the molecule is CCCNCc1cc(C)ccc1OCC(=O)N(C)C(C)C. The number of nitrogens with zero attached hydrogens (tertiary/aromatic N) is 1. The number of carbonyl (C=O) groups is 1. The molecular formula is C17H28N2O2. The molecule has 4 heteroatoms. The molecule has 0 aliphatic heterocycles. The topological polar surface area (TPSA) is 41.6 Å². The highest BCUT2D eigenvalue weighted by atomic mass is 16.5. The van der Waals surface area contributed by atoms with Crippen molar-refractivity contribution in [2.45, 2.75) is 46.7 Å². The Morgan fingerprint density at radius 3 is 2.71 bits per heavy atom. The van der Waals surface area contributed by atoms with Gasteiger partial charge in [0.1, 0.15) is 5.75 Å². The molecule has 1 N–H and O–H groups in total. The highest BCUT2D eigenvalue weighted by molar-refractivity contribution is 5.77. The number of nitrogens with one attached hydrogen (secondary N) is 1. The molecule has 1 amide bonds. The molecule has 0 radical (unpaired) electrons. The number of aryl methyl sites for hydroxylation is 1. The molecular weight excluding hydrogens is 264 g/mol. The smallest absolute Gasteiger partial charge is 0.260 e. The van der Waals surface area contributed by atoms with E-state index in [0.717, 1.165) is 30.8 Å². The summed E-state index contributed by atoms with van der Waals surface area (Å²) in [7, 11) is 1.80. The number of hydrogen-bond donors (Lipinski definition) is 1. The third-order valence-electron chi connectivity index (χ3n) is 3.48. The van der Waals surface area contributed by atoms with Gasteiger partial charge in [-0.3, -0.25) is 4.79 Å². The standard InChI is InChI=1S/C17H28N2O2/c1-6-9-18-11-15-10-14(4)7-8-16(15)21-12-17(20)19(5)13(2)3/h7-8,10,13,18H,6,9,11-12H2,1-5H3. The van der Waals surface area contributed by atoms with Crippen LogP contribution in [0.4, 0.5) is 0 Å². The first-order valence-electron chi connectivity index (χ1n) is 7.64. The Morgan fingerprint density at radius 2 is 2.10 bits per heavy atom. The summed E-state index contributed by atoms with van der Waals surface area (Å²) in [4.78, 5) is 13.7. The van der Waals surface area contributed by atoms with Crippen LogP contribution in [0.3, 0.4) is 0 Å². The van der Waals surface area contributed by atoms with Crippen LogP contribution in [0.25, 0.3) is 0 Å². The fourth-order valence-electron chi connectivity index (χ4n) is 1.92. The average Bonchev–Trinajstić information content (AvgIpc) is 2.45. The van der Waals surface area contributed by atoms with E-state index >= 15 is 0 Å². The lowest BCUT2D eigenvalue weighted by Gasteiger charge is -2.22. The molecule has 21 heavy (non-hydrogen) atoms. The minimum atomic E-state index is -0.00181. The predicted molar refractivity (Wildman–Crippen MR) is 86.6 cm³/mol. The molecule has 0 atom stereocenters. The molecule has 4 nitrogen and oxygen atoms in total. The summed E-state index contributed by atoms with van der Waals surface area (Å²) < 4.78 is 5.72. The highest BCUT2D eigenvalue weighted by Crippen LogP contribution is 2.20. The zero-order valence-corrected chi connectivity index (χ0v) is 13.9. The summed E-state index contributed by atoms with van der Waals surface area (Å²) in [5.41, 5.74) is 2.30. The van der Waals surface area contributed by atoms with Crippen LogP contribution < -0.4 is 10.1 Å². The fourth-order valence-corrected chi connectivity index (χ4v) is 1.92. The van der Waals surface area contributed by atoms with E-state index in [9.17, 15) is 4.79 Å². The van der Waals surface area contributed by atoms with Gasteiger partial charge >= 0.3 is 0 Å². The van der Waals surface area contributed by atoms with Gasteiger partial charge in [0.2, 0.25) is 0 Å². The van der Waals surface area contributed by atoms with Gasteiger partial charge in [-0.1, -0.05) is 24.6 Å². The van der Waals surface area contributed by atoms with Gasteiger partial charge in [-0.05, 0) is 39.8 Å². The van der Waals surface area contributed by atoms with Crippen molar-refractivity contribution in [2.24, 2.45) is 0 Å². The van der Waals surface area contributed by atoms with Gasteiger partial charge in [0.25, 0.3) is 5.91 Å². The summed E-state index contributed by atoms with van der Waals surface area (Å²) in [6.07, 6.45) is 1.10. The molecule has 0 saturated heterocycles. The second kappa shape index (κ2) is 8.67. The van der Waals surface area contributed by atoms with E-state index in [-0.39, 0.29) is 18.6 Å². The zero-order chi connectivity index (χ0) is 15.8. The normalized spacial score (nSPS) is 10.8. The van der Waals surface area contributed by atoms with Crippen molar-refractivity contribution in [3.8, 4) is 5.75 Å². The fraction of sp³-hybridized carbons (Fsp3) is 0.588. The van der Waals surface area contributed by atoms with Gasteiger partial charge in [-0.2, -0.15) is 0 Å². The number of carbonyl (C=O) groups excluding carboxylic acids is 1. The summed E-state index contributed by atoms with van der Waals surface area (Å²) in [5.74, 6) is 0.785. The maximum Gasteiger partial charge on any atom is 0.260 e. The third kappa shape index (κ3) is 5.76. The van der Waals surface area contributed by atoms with E-state index in [1.54, 1.807) is 11.9 Å². The molecule has 0 unspecified atom stereocenters. The van der Waals surface area contributed by atoms with Gasteiger partial charge in [-0.15, -0.1) is 0 Å². The number of ether oxygens (including phenoxy) is 1. The van der Waals surface area contributed by atoms with E-state index < -0.39 is 0 Å². The Morgan fingerprint density at radius 1 is 1.38 bits per heavy atom. The average molecular weight is 292 g/mol. The Balaban J connectivity index is 2.67. The van der Waals surface area contributed by atoms with Crippen LogP contribution in [0.15, 0.2) is 18.2 Å². The minimum Gasteiger partial charge on any atom is -0.483 e. The monoisotopic (exact) mass is 292 g/mol. The number of benzene rings is 1.